The van der Waals surface area contributed by atoms with E-state index in [1.807, 2.05) is 0 Å². The Labute approximate surface area is 178 Å². The maximum atomic E-state index is 13.4. The molecule has 162 valence electrons. The molecule has 0 bridgehead atoms. The molecule has 1 heterocycles. The number of carbonyl (C=O) groups excluding carboxylic acids is 1. The Morgan fingerprint density at radius 3 is 2.45 bits per heavy atom. The highest BCUT2D eigenvalue weighted by Crippen LogP contribution is 2.24. The van der Waals surface area contributed by atoms with E-state index >= 15 is 0 Å². The van der Waals surface area contributed by atoms with Gasteiger partial charge in [-0.25, -0.2) is 18.0 Å². The molecule has 0 radical (unpaired) electrons. The van der Waals surface area contributed by atoms with Crippen LogP contribution < -0.4 is 16.4 Å². The van der Waals surface area contributed by atoms with Gasteiger partial charge in [0.25, 0.3) is 5.91 Å². The van der Waals surface area contributed by atoms with E-state index in [-0.39, 0.29) is 12.1 Å². The van der Waals surface area contributed by atoms with Crippen molar-refractivity contribution in [1.29, 1.82) is 0 Å². The van der Waals surface area contributed by atoms with Crippen molar-refractivity contribution in [2.24, 2.45) is 10.1 Å². The first-order valence-electron chi connectivity index (χ1n) is 8.93. The number of nitrogens with two attached hydrogens (primary N) is 1. The third kappa shape index (κ3) is 6.20. The molecule has 1 aromatic heterocycles. The highest BCUT2D eigenvalue weighted by atomic mass is 32.2. The molecule has 0 aliphatic rings. The lowest BCUT2D eigenvalue weighted by atomic mass is 10.1. The first kappa shape index (κ1) is 22.1. The van der Waals surface area contributed by atoms with Gasteiger partial charge in [-0.15, -0.1) is 0 Å². The van der Waals surface area contributed by atoms with Crippen LogP contribution in [0, 0.1) is 11.6 Å². The molecule has 0 fully saturated rings. The maximum absolute atomic E-state index is 13.4. The zero-order chi connectivity index (χ0) is 22.4. The van der Waals surface area contributed by atoms with Gasteiger partial charge in [0.05, 0.1) is 24.0 Å². The average molecular weight is 447 g/mol. The van der Waals surface area contributed by atoms with Gasteiger partial charge in [0, 0.05) is 30.6 Å². The molecular weight excluding hydrogens is 428 g/mol. The summed E-state index contributed by atoms with van der Waals surface area (Å²) in [5.41, 5.74) is 7.36. The second-order valence-electron chi connectivity index (χ2n) is 6.30. The van der Waals surface area contributed by atoms with Crippen LogP contribution in [-0.2, 0) is 21.6 Å². The van der Waals surface area contributed by atoms with Crippen LogP contribution >= 0.6 is 0 Å². The van der Waals surface area contributed by atoms with Gasteiger partial charge in [-0.3, -0.25) is 8.98 Å². The summed E-state index contributed by atoms with van der Waals surface area (Å²) in [4.78, 5) is 15.9. The topological polar surface area (TPSA) is 119 Å². The number of primary amides is 1. The number of nitrogens with one attached hydrogen (secondary N) is 2. The Bertz CT molecular complexity index is 1160. The van der Waals surface area contributed by atoms with E-state index in [1.165, 1.54) is 25.4 Å². The van der Waals surface area contributed by atoms with E-state index in [0.29, 0.717) is 28.4 Å². The number of hydrogen-bond donors (Lipinski definition) is 4. The van der Waals surface area contributed by atoms with E-state index in [9.17, 15) is 17.8 Å². The van der Waals surface area contributed by atoms with Crippen molar-refractivity contribution in [1.82, 2.24) is 4.98 Å². The Balaban J connectivity index is 1.79. The number of halogens is 2. The number of benzene rings is 2. The summed E-state index contributed by atoms with van der Waals surface area (Å²) < 4.78 is 46.6. The Morgan fingerprint density at radius 1 is 1.16 bits per heavy atom. The highest BCUT2D eigenvalue weighted by molar-refractivity contribution is 7.69. The summed E-state index contributed by atoms with van der Waals surface area (Å²) in [5, 5.41) is 6.01. The average Bonchev–Trinajstić information content (AvgIpc) is 2.73. The molecule has 3 rings (SSSR count). The van der Waals surface area contributed by atoms with Crippen LogP contribution in [0.15, 0.2) is 59.1 Å². The van der Waals surface area contributed by atoms with Crippen molar-refractivity contribution in [3.8, 4) is 0 Å². The summed E-state index contributed by atoms with van der Waals surface area (Å²) in [6.07, 6.45) is 1.30. The van der Waals surface area contributed by atoms with Crippen LogP contribution in [0.3, 0.4) is 0 Å². The summed E-state index contributed by atoms with van der Waals surface area (Å²) in [6, 6.07) is 11.4. The zero-order valence-electron chi connectivity index (χ0n) is 16.3. The molecule has 8 nitrogen and oxygen atoms in total. The van der Waals surface area contributed by atoms with E-state index in [1.54, 1.807) is 30.3 Å². The summed E-state index contributed by atoms with van der Waals surface area (Å²) >= 11 is 0. The molecule has 1 atom stereocenters. The smallest absolute Gasteiger partial charge is 0.252 e. The number of anilines is 3. The van der Waals surface area contributed by atoms with Crippen molar-refractivity contribution in [3.63, 3.8) is 0 Å². The lowest BCUT2D eigenvalue weighted by Crippen LogP contribution is -2.15. The van der Waals surface area contributed by atoms with Crippen LogP contribution in [0.25, 0.3) is 0 Å². The lowest BCUT2D eigenvalue weighted by molar-refractivity contribution is 0.100. The predicted molar refractivity (Wildman–Crippen MR) is 115 cm³/mol. The largest absolute Gasteiger partial charge is 0.380 e. The summed E-state index contributed by atoms with van der Waals surface area (Å²) in [5.74, 6) is -1.71. The molecule has 2 aromatic carbocycles. The van der Waals surface area contributed by atoms with E-state index in [2.05, 4.69) is 24.2 Å². The van der Waals surface area contributed by atoms with Gasteiger partial charge >= 0.3 is 0 Å². The fourth-order valence-corrected chi connectivity index (χ4v) is 3.07. The molecule has 0 aliphatic heterocycles. The molecule has 4 N–H and O–H groups in total. The van der Waals surface area contributed by atoms with Crippen LogP contribution in [0.5, 0.6) is 0 Å². The second kappa shape index (κ2) is 9.96. The first-order valence-corrected chi connectivity index (χ1v) is 10.1. The standard InChI is InChI=1S/C20H19F2N5O3S/c1-30-31(29)27-16-4-2-15(3-5-16)26-19-9-18(17(11-25-19)20(23)28)24-10-12-6-13(21)8-14(22)7-12/h2-9,11,31H,10H2,1H3,(H2,23,28)(H2,24,25,26). The van der Waals surface area contributed by atoms with E-state index in [4.69, 9.17) is 5.73 Å². The first-order chi connectivity index (χ1) is 14.8. The van der Waals surface area contributed by atoms with Gasteiger partial charge in [-0.1, -0.05) is 0 Å². The van der Waals surface area contributed by atoms with Crippen LogP contribution in [0.1, 0.15) is 15.9 Å². The molecule has 0 saturated carbocycles. The minimum Gasteiger partial charge on any atom is -0.380 e. The third-order valence-electron chi connectivity index (χ3n) is 4.07. The molecular formula is C20H19F2N5O3S. The van der Waals surface area contributed by atoms with Crippen molar-refractivity contribution >= 4 is 39.7 Å². The van der Waals surface area contributed by atoms with Gasteiger partial charge in [0.2, 0.25) is 0 Å². The lowest BCUT2D eigenvalue weighted by Gasteiger charge is -2.13. The summed E-state index contributed by atoms with van der Waals surface area (Å²) in [6.45, 7) is 0.0618. The fraction of sp³-hybridized carbons (Fsp3) is 0.100. The minimum atomic E-state index is -2.11. The van der Waals surface area contributed by atoms with Gasteiger partial charge in [-0.2, -0.15) is 4.36 Å². The molecule has 1 amide bonds. The fourth-order valence-electron chi connectivity index (χ4n) is 2.67. The predicted octanol–water partition coefficient (Wildman–Crippen LogP) is 3.67. The van der Waals surface area contributed by atoms with Crippen molar-refractivity contribution < 1.29 is 22.0 Å². The number of aromatic nitrogens is 1. The van der Waals surface area contributed by atoms with Crippen LogP contribution in [0.4, 0.5) is 31.7 Å². The van der Waals surface area contributed by atoms with Crippen molar-refractivity contribution in [2.75, 3.05) is 17.7 Å². The second-order valence-corrected chi connectivity index (χ2v) is 7.34. The molecule has 11 heteroatoms. The monoisotopic (exact) mass is 447 g/mol. The number of carbonyl (C=O) groups is 1. The Hall–Kier alpha value is -3.57. The van der Waals surface area contributed by atoms with Gasteiger partial charge in [0.15, 0.2) is 10.9 Å². The van der Waals surface area contributed by atoms with E-state index < -0.39 is 28.4 Å². The highest BCUT2D eigenvalue weighted by Gasteiger charge is 2.11. The molecule has 0 aliphatic carbocycles. The van der Waals surface area contributed by atoms with Crippen LogP contribution in [-0.4, -0.2) is 22.2 Å². The Morgan fingerprint density at radius 2 is 1.84 bits per heavy atom. The molecule has 3 aromatic rings. The Kier molecular flexibility index (Phi) is 7.11. The molecule has 0 saturated heterocycles. The number of nitrogens with zero attached hydrogens (tertiary/aromatic N) is 2. The van der Waals surface area contributed by atoms with Gasteiger partial charge in [-0.05, 0) is 42.0 Å². The third-order valence-corrected chi connectivity index (χ3v) is 4.77. The van der Waals surface area contributed by atoms with Crippen LogP contribution in [0.2, 0.25) is 0 Å². The molecule has 31 heavy (non-hydrogen) atoms. The molecule has 0 spiro atoms. The maximum Gasteiger partial charge on any atom is 0.252 e. The minimum absolute atomic E-state index is 0.0618. The van der Waals surface area contributed by atoms with Crippen molar-refractivity contribution in [2.45, 2.75) is 6.54 Å². The quantitative estimate of drug-likeness (QED) is 0.391. The van der Waals surface area contributed by atoms with Crippen molar-refractivity contribution in [3.05, 3.63) is 77.5 Å². The van der Waals surface area contributed by atoms with E-state index in [0.717, 1.165) is 6.07 Å². The zero-order valence-corrected chi connectivity index (χ0v) is 17.2. The normalized spacial score (nSPS) is 11.8. The number of pyridine rings is 1. The number of amides is 1. The number of rotatable bonds is 8. The van der Waals surface area contributed by atoms with Gasteiger partial charge in [0.1, 0.15) is 17.5 Å². The number of hydrogen-bond acceptors (Lipinski definition) is 7. The molecule has 1 unspecified atom stereocenters. The summed E-state index contributed by atoms with van der Waals surface area (Å²) in [7, 11) is -0.810. The van der Waals surface area contributed by atoms with Gasteiger partial charge < -0.3 is 16.4 Å². The SMILES string of the molecule is CO[SH](=O)=Nc1ccc(Nc2cc(NCc3cc(F)cc(F)c3)c(C(N)=O)cn2)cc1. The number of thiol groups is 1.